The summed E-state index contributed by atoms with van der Waals surface area (Å²) in [7, 11) is 0. The molecule has 22 heavy (non-hydrogen) atoms. The Balaban J connectivity index is 1.76. The molecule has 2 heterocycles. The van der Waals surface area contributed by atoms with Gasteiger partial charge in [0.25, 0.3) is 0 Å². The van der Waals surface area contributed by atoms with Gasteiger partial charge in [-0.05, 0) is 37.5 Å². The van der Waals surface area contributed by atoms with E-state index >= 15 is 0 Å². The number of nitrogens with zero attached hydrogens (tertiary/aromatic N) is 2. The number of hydrogen-bond donors (Lipinski definition) is 0. The van der Waals surface area contributed by atoms with Gasteiger partial charge in [0.1, 0.15) is 12.4 Å². The van der Waals surface area contributed by atoms with Crippen LogP contribution >= 0.6 is 11.6 Å². The van der Waals surface area contributed by atoms with Crippen molar-refractivity contribution < 1.29 is 9.15 Å². The molecule has 3 rings (SSSR count). The predicted molar refractivity (Wildman–Crippen MR) is 85.3 cm³/mol. The van der Waals surface area contributed by atoms with Crippen LogP contribution in [0.2, 0.25) is 0 Å². The van der Waals surface area contributed by atoms with Crippen LogP contribution in [0.25, 0.3) is 0 Å². The van der Waals surface area contributed by atoms with Crippen molar-refractivity contribution in [3.8, 4) is 5.88 Å². The van der Waals surface area contributed by atoms with Gasteiger partial charge in [0.05, 0.1) is 12.0 Å². The number of aryl methyl sites for hydroxylation is 1. The molecular formula is C17H21ClN2O2. The van der Waals surface area contributed by atoms with Crippen LogP contribution in [0.4, 0.5) is 0 Å². The lowest BCUT2D eigenvalue weighted by atomic mass is 9.91. The highest BCUT2D eigenvalue weighted by atomic mass is 35.5. The molecule has 0 radical (unpaired) electrons. The Morgan fingerprint density at radius 3 is 2.95 bits per heavy atom. The first-order valence-corrected chi connectivity index (χ1v) is 8.31. The topological polar surface area (TPSA) is 48.2 Å². The number of rotatable bonds is 4. The molecule has 4 nitrogen and oxygen atoms in total. The van der Waals surface area contributed by atoms with Gasteiger partial charge in [0.15, 0.2) is 0 Å². The molecular weight excluding hydrogens is 300 g/mol. The number of aromatic nitrogens is 2. The average Bonchev–Trinajstić information content (AvgIpc) is 2.95. The first kappa shape index (κ1) is 15.3. The van der Waals surface area contributed by atoms with E-state index in [1.54, 1.807) is 6.26 Å². The lowest BCUT2D eigenvalue weighted by molar-refractivity contribution is 0.257. The predicted octanol–water partition coefficient (Wildman–Crippen LogP) is 4.61. The Bertz CT molecular complexity index is 601. The fraction of sp³-hybridized carbons (Fsp3) is 0.529. The summed E-state index contributed by atoms with van der Waals surface area (Å²) in [5.74, 6) is 1.64. The molecule has 0 aliphatic heterocycles. The van der Waals surface area contributed by atoms with Crippen LogP contribution in [-0.2, 0) is 6.61 Å². The number of ether oxygens (including phenoxy) is 1. The Morgan fingerprint density at radius 2 is 2.14 bits per heavy atom. The Morgan fingerprint density at radius 1 is 1.27 bits per heavy atom. The highest BCUT2D eigenvalue weighted by Crippen LogP contribution is 2.37. The summed E-state index contributed by atoms with van der Waals surface area (Å²) < 4.78 is 11.0. The van der Waals surface area contributed by atoms with Crippen molar-refractivity contribution in [2.45, 2.75) is 56.9 Å². The molecule has 0 aromatic carbocycles. The zero-order valence-corrected chi connectivity index (χ0v) is 13.6. The molecule has 0 spiro atoms. The fourth-order valence-corrected chi connectivity index (χ4v) is 3.46. The van der Waals surface area contributed by atoms with Gasteiger partial charge in [-0.15, -0.1) is 16.7 Å². The van der Waals surface area contributed by atoms with Crippen LogP contribution < -0.4 is 4.74 Å². The zero-order chi connectivity index (χ0) is 15.4. The van der Waals surface area contributed by atoms with Crippen molar-refractivity contribution in [1.82, 2.24) is 10.2 Å². The average molecular weight is 321 g/mol. The lowest BCUT2D eigenvalue weighted by Gasteiger charge is -2.21. The van der Waals surface area contributed by atoms with Crippen LogP contribution in [0.15, 0.2) is 28.9 Å². The molecule has 0 amide bonds. The van der Waals surface area contributed by atoms with Gasteiger partial charge >= 0.3 is 0 Å². The van der Waals surface area contributed by atoms with Gasteiger partial charge in [-0.3, -0.25) is 0 Å². The smallest absolute Gasteiger partial charge is 0.234 e. The van der Waals surface area contributed by atoms with Crippen molar-refractivity contribution in [2.24, 2.45) is 0 Å². The molecule has 5 heteroatoms. The van der Waals surface area contributed by atoms with Gasteiger partial charge in [-0.1, -0.05) is 19.3 Å². The monoisotopic (exact) mass is 320 g/mol. The maximum absolute atomic E-state index is 6.60. The second-order valence-corrected chi connectivity index (χ2v) is 6.41. The molecule has 2 aromatic rings. The standard InChI is InChI=1S/C17H21ClN2O2/c1-12-15(14-7-3-2-4-8-16(14)18)10-17(20-19-12)22-11-13-6-5-9-21-13/h5-6,9-10,14,16H,2-4,7-8,11H2,1H3. The lowest BCUT2D eigenvalue weighted by Crippen LogP contribution is -2.14. The number of furan rings is 1. The third kappa shape index (κ3) is 3.61. The van der Waals surface area contributed by atoms with Gasteiger partial charge < -0.3 is 9.15 Å². The maximum Gasteiger partial charge on any atom is 0.234 e. The quantitative estimate of drug-likeness (QED) is 0.609. The van der Waals surface area contributed by atoms with Gasteiger partial charge in [0.2, 0.25) is 5.88 Å². The molecule has 2 atom stereocenters. The molecule has 2 unspecified atom stereocenters. The second kappa shape index (κ2) is 7.14. The molecule has 0 bridgehead atoms. The zero-order valence-electron chi connectivity index (χ0n) is 12.8. The first-order chi connectivity index (χ1) is 10.7. The van der Waals surface area contributed by atoms with Crippen molar-refractivity contribution in [3.63, 3.8) is 0 Å². The van der Waals surface area contributed by atoms with E-state index in [4.69, 9.17) is 20.8 Å². The molecule has 1 aliphatic rings. The van der Waals surface area contributed by atoms with E-state index in [9.17, 15) is 0 Å². The largest absolute Gasteiger partial charge is 0.468 e. The summed E-state index contributed by atoms with van der Waals surface area (Å²) in [5.41, 5.74) is 2.12. The van der Waals surface area contributed by atoms with Crippen LogP contribution in [0.5, 0.6) is 5.88 Å². The van der Waals surface area contributed by atoms with Crippen molar-refractivity contribution >= 4 is 11.6 Å². The fourth-order valence-electron chi connectivity index (χ4n) is 3.05. The molecule has 2 aromatic heterocycles. The van der Waals surface area contributed by atoms with E-state index in [0.717, 1.165) is 24.3 Å². The molecule has 0 saturated heterocycles. The number of alkyl halides is 1. The minimum absolute atomic E-state index is 0.170. The summed E-state index contributed by atoms with van der Waals surface area (Å²) >= 11 is 6.60. The van der Waals surface area contributed by atoms with E-state index in [1.807, 2.05) is 25.1 Å². The minimum Gasteiger partial charge on any atom is -0.468 e. The highest BCUT2D eigenvalue weighted by molar-refractivity contribution is 6.21. The van der Waals surface area contributed by atoms with Gasteiger partial charge in [0, 0.05) is 17.4 Å². The van der Waals surface area contributed by atoms with Crippen LogP contribution in [0.3, 0.4) is 0 Å². The minimum atomic E-state index is 0.170. The van der Waals surface area contributed by atoms with E-state index in [-0.39, 0.29) is 5.38 Å². The normalized spacial score (nSPS) is 22.3. The second-order valence-electron chi connectivity index (χ2n) is 5.85. The van der Waals surface area contributed by atoms with Crippen molar-refractivity contribution in [3.05, 3.63) is 41.5 Å². The number of halogens is 1. The van der Waals surface area contributed by atoms with Crippen molar-refractivity contribution in [1.29, 1.82) is 0 Å². The van der Waals surface area contributed by atoms with Crippen LogP contribution in [-0.4, -0.2) is 15.6 Å². The SMILES string of the molecule is Cc1nnc(OCc2ccco2)cc1C1CCCCCC1Cl. The molecule has 118 valence electrons. The summed E-state index contributed by atoms with van der Waals surface area (Å²) in [4.78, 5) is 0. The summed E-state index contributed by atoms with van der Waals surface area (Å²) in [6.07, 6.45) is 7.50. The number of hydrogen-bond acceptors (Lipinski definition) is 4. The van der Waals surface area contributed by atoms with E-state index < -0.39 is 0 Å². The summed E-state index contributed by atoms with van der Waals surface area (Å²) in [6.45, 7) is 2.35. The Kier molecular flexibility index (Phi) is 4.98. The molecule has 0 N–H and O–H groups in total. The van der Waals surface area contributed by atoms with E-state index in [0.29, 0.717) is 18.4 Å². The van der Waals surface area contributed by atoms with Gasteiger partial charge in [-0.25, -0.2) is 0 Å². The van der Waals surface area contributed by atoms with E-state index in [1.165, 1.54) is 24.8 Å². The van der Waals surface area contributed by atoms with E-state index in [2.05, 4.69) is 10.2 Å². The molecule has 1 saturated carbocycles. The molecule has 1 fully saturated rings. The summed E-state index contributed by atoms with van der Waals surface area (Å²) in [5, 5.41) is 8.55. The van der Waals surface area contributed by atoms with Crippen LogP contribution in [0.1, 0.15) is 55.0 Å². The highest BCUT2D eigenvalue weighted by Gasteiger charge is 2.25. The summed E-state index contributed by atoms with van der Waals surface area (Å²) in [6, 6.07) is 5.72. The maximum atomic E-state index is 6.60. The third-order valence-electron chi connectivity index (χ3n) is 4.27. The molecule has 1 aliphatic carbocycles. The Labute approximate surface area is 135 Å². The third-order valence-corrected chi connectivity index (χ3v) is 4.79. The van der Waals surface area contributed by atoms with Gasteiger partial charge in [-0.2, -0.15) is 5.10 Å². The van der Waals surface area contributed by atoms with Crippen molar-refractivity contribution in [2.75, 3.05) is 0 Å². The Hall–Kier alpha value is -1.55. The first-order valence-electron chi connectivity index (χ1n) is 7.87. The van der Waals surface area contributed by atoms with Crippen LogP contribution in [0, 0.1) is 6.92 Å².